The maximum atomic E-state index is 4.41. The summed E-state index contributed by atoms with van der Waals surface area (Å²) >= 11 is 13.0. The minimum atomic E-state index is 0.731. The van der Waals surface area contributed by atoms with Gasteiger partial charge in [0.15, 0.2) is 0 Å². The summed E-state index contributed by atoms with van der Waals surface area (Å²) in [4.78, 5) is 2.05. The molecular formula is C9H12S3. The van der Waals surface area contributed by atoms with Crippen LogP contribution in [-0.4, -0.2) is 0 Å². The molecular weight excluding hydrogens is 204 g/mol. The maximum Gasteiger partial charge on any atom is 0.0165 e. The zero-order valence-corrected chi connectivity index (χ0v) is 9.81. The smallest absolute Gasteiger partial charge is 0.0165 e. The van der Waals surface area contributed by atoms with Gasteiger partial charge in [-0.25, -0.2) is 0 Å². The number of hydrogen-bond donors (Lipinski definition) is 3. The lowest BCUT2D eigenvalue weighted by molar-refractivity contribution is 1.10. The quantitative estimate of drug-likeness (QED) is 0.589. The fraction of sp³-hybridized carbons (Fsp3) is 0.333. The van der Waals surface area contributed by atoms with Crippen LogP contribution in [0.3, 0.4) is 0 Å². The lowest BCUT2D eigenvalue weighted by Gasteiger charge is -2.10. The van der Waals surface area contributed by atoms with Crippen LogP contribution < -0.4 is 0 Å². The van der Waals surface area contributed by atoms with Crippen molar-refractivity contribution in [1.29, 1.82) is 0 Å². The number of benzene rings is 1. The van der Waals surface area contributed by atoms with Crippen molar-refractivity contribution in [2.45, 2.75) is 29.4 Å². The van der Waals surface area contributed by atoms with Crippen molar-refractivity contribution in [1.82, 2.24) is 0 Å². The Bertz CT molecular complexity index is 305. The van der Waals surface area contributed by atoms with E-state index in [2.05, 4.69) is 50.9 Å². The predicted octanol–water partition coefficient (Wildman–Crippen LogP) is 3.31. The Labute approximate surface area is 90.0 Å². The molecule has 66 valence electrons. The number of aryl methyl sites for hydroxylation is 1. The molecule has 0 atom stereocenters. The van der Waals surface area contributed by atoms with Crippen molar-refractivity contribution in [3.05, 3.63) is 22.8 Å². The SMILES string of the molecule is Cc1cc(CS)c(S)c(C)c1S. The molecule has 0 bridgehead atoms. The second kappa shape index (κ2) is 3.99. The first-order valence-electron chi connectivity index (χ1n) is 3.69. The van der Waals surface area contributed by atoms with Crippen LogP contribution >= 0.6 is 37.9 Å². The summed E-state index contributed by atoms with van der Waals surface area (Å²) in [6.07, 6.45) is 0. The zero-order chi connectivity index (χ0) is 9.30. The molecule has 3 heteroatoms. The van der Waals surface area contributed by atoms with Crippen LogP contribution in [0.4, 0.5) is 0 Å². The molecule has 0 spiro atoms. The van der Waals surface area contributed by atoms with E-state index in [1.54, 1.807) is 0 Å². The van der Waals surface area contributed by atoms with E-state index in [1.807, 2.05) is 6.92 Å². The second-order valence-electron chi connectivity index (χ2n) is 2.83. The predicted molar refractivity (Wildman–Crippen MR) is 63.1 cm³/mol. The highest BCUT2D eigenvalue weighted by atomic mass is 32.1. The average Bonchev–Trinajstić information content (AvgIpc) is 2.08. The summed E-state index contributed by atoms with van der Waals surface area (Å²) in [7, 11) is 0. The summed E-state index contributed by atoms with van der Waals surface area (Å²) in [6, 6.07) is 2.09. The minimum absolute atomic E-state index is 0.731. The van der Waals surface area contributed by atoms with Crippen molar-refractivity contribution < 1.29 is 0 Å². The molecule has 1 rings (SSSR count). The number of rotatable bonds is 1. The van der Waals surface area contributed by atoms with Crippen LogP contribution in [0.25, 0.3) is 0 Å². The van der Waals surface area contributed by atoms with E-state index in [0.717, 1.165) is 21.1 Å². The molecule has 0 aromatic heterocycles. The second-order valence-corrected chi connectivity index (χ2v) is 4.04. The van der Waals surface area contributed by atoms with E-state index in [1.165, 1.54) is 11.1 Å². The molecule has 1 aromatic rings. The Morgan fingerprint density at radius 2 is 1.75 bits per heavy atom. The Hall–Kier alpha value is 0.270. The lowest BCUT2D eigenvalue weighted by Crippen LogP contribution is -1.90. The summed E-state index contributed by atoms with van der Waals surface area (Å²) in [5, 5.41) is 0. The first-order valence-corrected chi connectivity index (χ1v) is 5.22. The Morgan fingerprint density at radius 3 is 2.25 bits per heavy atom. The highest BCUT2D eigenvalue weighted by Gasteiger charge is 2.06. The number of hydrogen-bond acceptors (Lipinski definition) is 3. The fourth-order valence-corrected chi connectivity index (χ4v) is 2.06. The third-order valence-corrected chi connectivity index (χ3v) is 3.60. The van der Waals surface area contributed by atoms with E-state index in [4.69, 9.17) is 0 Å². The maximum absolute atomic E-state index is 4.41. The molecule has 0 saturated heterocycles. The highest BCUT2D eigenvalue weighted by Crippen LogP contribution is 2.28. The Balaban J connectivity index is 3.39. The van der Waals surface area contributed by atoms with Gasteiger partial charge in [0, 0.05) is 15.5 Å². The van der Waals surface area contributed by atoms with Crippen LogP contribution in [0.2, 0.25) is 0 Å². The van der Waals surface area contributed by atoms with Crippen molar-refractivity contribution in [3.8, 4) is 0 Å². The molecule has 0 radical (unpaired) electrons. The molecule has 1 aromatic carbocycles. The van der Waals surface area contributed by atoms with E-state index >= 15 is 0 Å². The van der Waals surface area contributed by atoms with Gasteiger partial charge in [-0.3, -0.25) is 0 Å². The molecule has 0 aliphatic rings. The van der Waals surface area contributed by atoms with Crippen LogP contribution in [0.15, 0.2) is 15.9 Å². The zero-order valence-electron chi connectivity index (χ0n) is 7.13. The molecule has 0 saturated carbocycles. The molecule has 0 aliphatic carbocycles. The summed E-state index contributed by atoms with van der Waals surface area (Å²) in [5.74, 6) is 0.731. The van der Waals surface area contributed by atoms with Crippen molar-refractivity contribution in [2.75, 3.05) is 0 Å². The van der Waals surface area contributed by atoms with Gasteiger partial charge < -0.3 is 0 Å². The Morgan fingerprint density at radius 1 is 1.17 bits per heavy atom. The number of thiol groups is 3. The van der Waals surface area contributed by atoms with Gasteiger partial charge in [-0.2, -0.15) is 12.6 Å². The van der Waals surface area contributed by atoms with Crippen LogP contribution in [0, 0.1) is 13.8 Å². The third-order valence-electron chi connectivity index (χ3n) is 1.95. The van der Waals surface area contributed by atoms with Gasteiger partial charge in [-0.15, -0.1) is 25.3 Å². The van der Waals surface area contributed by atoms with Gasteiger partial charge in [0.1, 0.15) is 0 Å². The van der Waals surface area contributed by atoms with Gasteiger partial charge in [-0.1, -0.05) is 6.07 Å². The summed E-state index contributed by atoms with van der Waals surface area (Å²) in [6.45, 7) is 4.08. The largest absolute Gasteiger partial charge is 0.175 e. The van der Waals surface area contributed by atoms with Crippen molar-refractivity contribution in [2.24, 2.45) is 0 Å². The van der Waals surface area contributed by atoms with Crippen molar-refractivity contribution in [3.63, 3.8) is 0 Å². The van der Waals surface area contributed by atoms with Gasteiger partial charge in [0.25, 0.3) is 0 Å². The average molecular weight is 216 g/mol. The minimum Gasteiger partial charge on any atom is -0.175 e. The molecule has 0 fully saturated rings. The molecule has 0 nitrogen and oxygen atoms in total. The Kier molecular flexibility index (Phi) is 3.44. The van der Waals surface area contributed by atoms with E-state index in [-0.39, 0.29) is 0 Å². The molecule has 0 amide bonds. The normalized spacial score (nSPS) is 10.4. The van der Waals surface area contributed by atoms with E-state index in [9.17, 15) is 0 Å². The summed E-state index contributed by atoms with van der Waals surface area (Å²) < 4.78 is 0. The van der Waals surface area contributed by atoms with Crippen LogP contribution in [-0.2, 0) is 5.75 Å². The topological polar surface area (TPSA) is 0 Å². The molecule has 12 heavy (non-hydrogen) atoms. The lowest BCUT2D eigenvalue weighted by atomic mass is 10.1. The monoisotopic (exact) mass is 216 g/mol. The van der Waals surface area contributed by atoms with E-state index in [0.29, 0.717) is 0 Å². The molecule has 0 unspecified atom stereocenters. The van der Waals surface area contributed by atoms with Crippen LogP contribution in [0.1, 0.15) is 16.7 Å². The first kappa shape index (κ1) is 10.4. The third kappa shape index (κ3) is 1.78. The van der Waals surface area contributed by atoms with Crippen molar-refractivity contribution >= 4 is 37.9 Å². The molecule has 0 heterocycles. The highest BCUT2D eigenvalue weighted by molar-refractivity contribution is 7.81. The van der Waals surface area contributed by atoms with Gasteiger partial charge >= 0.3 is 0 Å². The first-order chi connectivity index (χ1) is 5.57. The fourth-order valence-electron chi connectivity index (χ4n) is 1.17. The summed E-state index contributed by atoms with van der Waals surface area (Å²) in [5.41, 5.74) is 3.51. The molecule has 0 N–H and O–H groups in total. The van der Waals surface area contributed by atoms with E-state index < -0.39 is 0 Å². The van der Waals surface area contributed by atoms with Gasteiger partial charge in [0.2, 0.25) is 0 Å². The van der Waals surface area contributed by atoms with Gasteiger partial charge in [0.05, 0.1) is 0 Å². The molecule has 0 aliphatic heterocycles. The van der Waals surface area contributed by atoms with Crippen LogP contribution in [0.5, 0.6) is 0 Å². The van der Waals surface area contributed by atoms with Gasteiger partial charge in [-0.05, 0) is 30.5 Å². The standard InChI is InChI=1S/C9H12S3/c1-5-3-7(4-10)9(12)6(2)8(5)11/h3,10-12H,4H2,1-2H3.